The topological polar surface area (TPSA) is 24.9 Å². The van der Waals surface area contributed by atoms with Crippen LogP contribution in [0.5, 0.6) is 23.0 Å². The number of rotatable bonds is 4. The van der Waals surface area contributed by atoms with Gasteiger partial charge >= 0.3 is 0 Å². The van der Waals surface area contributed by atoms with E-state index in [-0.39, 0.29) is 10.8 Å². The number of benzene rings is 9. The summed E-state index contributed by atoms with van der Waals surface area (Å²) >= 11 is 0. The smallest absolute Gasteiger partial charge is 0.151 e. The summed E-state index contributed by atoms with van der Waals surface area (Å²) in [7, 11) is 0. The maximum absolute atomic E-state index is 6.58. The molecule has 0 unspecified atom stereocenters. The zero-order chi connectivity index (χ0) is 42.9. The Morgan fingerprint density at radius 1 is 0.281 bits per heavy atom. The third-order valence-electron chi connectivity index (χ3n) is 14.2. The van der Waals surface area contributed by atoms with E-state index < -0.39 is 0 Å². The van der Waals surface area contributed by atoms with Crippen LogP contribution in [0.25, 0.3) is 44.5 Å². The van der Waals surface area contributed by atoms with Crippen LogP contribution in [0.4, 0.5) is 34.1 Å². The van der Waals surface area contributed by atoms with Gasteiger partial charge in [0, 0.05) is 10.8 Å². The van der Waals surface area contributed by atoms with Crippen molar-refractivity contribution in [1.29, 1.82) is 0 Å². The first-order valence-corrected chi connectivity index (χ1v) is 22.2. The predicted octanol–water partition coefficient (Wildman–Crippen LogP) is 16.8. The standard InChI is InChI=1S/C60H44N2O2/c1-59(2)45-30-28-40(35-51(45)61-49-18-8-10-20-53(49)63-55-22-12-16-47(59)57(55)61)43-32-42(39-26-24-38(25-27-39)37-14-6-5-7-15-37)33-44(34-43)41-29-31-46-52(36-41)62-50-19-9-11-21-54(50)64-56-23-13-17-48(58(56)62)60(46,3)4/h5-36H,1-4H3. The first-order valence-electron chi connectivity index (χ1n) is 22.2. The molecule has 0 aliphatic carbocycles. The molecule has 306 valence electrons. The molecule has 0 bridgehead atoms. The molecule has 0 fully saturated rings. The molecule has 0 atom stereocenters. The molecule has 0 saturated carbocycles. The van der Waals surface area contributed by atoms with Crippen LogP contribution in [-0.2, 0) is 10.8 Å². The van der Waals surface area contributed by atoms with Gasteiger partial charge in [-0.05, 0) is 133 Å². The summed E-state index contributed by atoms with van der Waals surface area (Å²) in [6.45, 7) is 9.34. The van der Waals surface area contributed by atoms with Gasteiger partial charge in [0.2, 0.25) is 0 Å². The molecule has 9 aromatic carbocycles. The highest BCUT2D eigenvalue weighted by Gasteiger charge is 2.43. The molecule has 0 spiro atoms. The van der Waals surface area contributed by atoms with Crippen LogP contribution in [0.3, 0.4) is 0 Å². The van der Waals surface area contributed by atoms with Crippen molar-refractivity contribution in [2.45, 2.75) is 38.5 Å². The highest BCUT2D eigenvalue weighted by molar-refractivity contribution is 5.97. The van der Waals surface area contributed by atoms with Gasteiger partial charge in [-0.15, -0.1) is 0 Å². The van der Waals surface area contributed by atoms with E-state index in [2.05, 4.69) is 232 Å². The molecule has 0 amide bonds. The first-order chi connectivity index (χ1) is 31.2. The van der Waals surface area contributed by atoms with E-state index in [1.807, 2.05) is 0 Å². The molecule has 4 aliphatic heterocycles. The van der Waals surface area contributed by atoms with E-state index in [0.717, 1.165) is 73.6 Å². The zero-order valence-corrected chi connectivity index (χ0v) is 36.2. The van der Waals surface area contributed by atoms with Gasteiger partial charge in [-0.3, -0.25) is 0 Å². The lowest BCUT2D eigenvalue weighted by atomic mass is 9.72. The van der Waals surface area contributed by atoms with Crippen molar-refractivity contribution in [3.8, 4) is 67.5 Å². The highest BCUT2D eigenvalue weighted by atomic mass is 16.5. The number of anilines is 6. The molecule has 0 saturated heterocycles. The van der Waals surface area contributed by atoms with Gasteiger partial charge in [0.15, 0.2) is 23.0 Å². The molecule has 9 aromatic rings. The Balaban J connectivity index is 1.01. The summed E-state index contributed by atoms with van der Waals surface area (Å²) in [5.74, 6) is 3.49. The van der Waals surface area contributed by atoms with Crippen molar-refractivity contribution < 1.29 is 9.47 Å². The van der Waals surface area contributed by atoms with Crippen molar-refractivity contribution in [1.82, 2.24) is 0 Å². The Hall–Kier alpha value is -7.82. The van der Waals surface area contributed by atoms with Crippen molar-refractivity contribution in [2.75, 3.05) is 9.80 Å². The summed E-state index contributed by atoms with van der Waals surface area (Å²) in [6.07, 6.45) is 0. The van der Waals surface area contributed by atoms with Crippen LogP contribution in [0, 0.1) is 0 Å². The summed E-state index contributed by atoms with van der Waals surface area (Å²) in [5.41, 5.74) is 20.7. The van der Waals surface area contributed by atoms with E-state index >= 15 is 0 Å². The molecular formula is C60H44N2O2. The van der Waals surface area contributed by atoms with Crippen molar-refractivity contribution >= 4 is 34.1 Å². The minimum Gasteiger partial charge on any atom is -0.453 e. The fourth-order valence-corrected chi connectivity index (χ4v) is 10.9. The minimum atomic E-state index is -0.244. The van der Waals surface area contributed by atoms with Crippen molar-refractivity contribution in [3.63, 3.8) is 0 Å². The summed E-state index contributed by atoms with van der Waals surface area (Å²) in [4.78, 5) is 4.86. The zero-order valence-electron chi connectivity index (χ0n) is 36.2. The fourth-order valence-electron chi connectivity index (χ4n) is 10.9. The number of hydrogen-bond donors (Lipinski definition) is 0. The van der Waals surface area contributed by atoms with Crippen LogP contribution in [-0.4, -0.2) is 0 Å². The van der Waals surface area contributed by atoms with E-state index in [0.29, 0.717) is 0 Å². The molecule has 64 heavy (non-hydrogen) atoms. The maximum atomic E-state index is 6.58. The van der Waals surface area contributed by atoms with Crippen LogP contribution in [0.1, 0.15) is 49.9 Å². The molecular weight excluding hydrogens is 781 g/mol. The van der Waals surface area contributed by atoms with Crippen LogP contribution < -0.4 is 19.3 Å². The normalized spacial score (nSPS) is 15.0. The fraction of sp³-hybridized carbons (Fsp3) is 0.100. The van der Waals surface area contributed by atoms with E-state index in [1.165, 1.54) is 50.3 Å². The monoisotopic (exact) mass is 824 g/mol. The van der Waals surface area contributed by atoms with Gasteiger partial charge in [-0.2, -0.15) is 0 Å². The van der Waals surface area contributed by atoms with Crippen LogP contribution >= 0.6 is 0 Å². The van der Waals surface area contributed by atoms with Gasteiger partial charge < -0.3 is 19.3 Å². The third kappa shape index (κ3) is 5.29. The quantitative estimate of drug-likeness (QED) is 0.176. The lowest BCUT2D eigenvalue weighted by Gasteiger charge is -2.45. The second-order valence-electron chi connectivity index (χ2n) is 18.6. The molecule has 0 N–H and O–H groups in total. The van der Waals surface area contributed by atoms with Crippen molar-refractivity contribution in [2.24, 2.45) is 0 Å². The summed E-state index contributed by atoms with van der Waals surface area (Å²) in [5, 5.41) is 0. The minimum absolute atomic E-state index is 0.244. The molecule has 0 aromatic heterocycles. The number of nitrogens with zero attached hydrogens (tertiary/aromatic N) is 2. The van der Waals surface area contributed by atoms with Gasteiger partial charge in [-0.1, -0.05) is 155 Å². The van der Waals surface area contributed by atoms with E-state index in [9.17, 15) is 0 Å². The first kappa shape index (κ1) is 36.8. The molecule has 4 heteroatoms. The highest BCUT2D eigenvalue weighted by Crippen LogP contribution is 2.62. The Bertz CT molecular complexity index is 3220. The van der Waals surface area contributed by atoms with Crippen molar-refractivity contribution in [3.05, 3.63) is 216 Å². The molecule has 4 aliphatic rings. The Morgan fingerprint density at radius 3 is 1.14 bits per heavy atom. The Morgan fingerprint density at radius 2 is 0.656 bits per heavy atom. The molecule has 4 heterocycles. The molecule has 0 radical (unpaired) electrons. The molecule has 4 nitrogen and oxygen atoms in total. The van der Waals surface area contributed by atoms with E-state index in [4.69, 9.17) is 9.47 Å². The van der Waals surface area contributed by atoms with Gasteiger partial charge in [-0.25, -0.2) is 0 Å². The number of hydrogen-bond acceptors (Lipinski definition) is 4. The number of fused-ring (bicyclic) bond motifs is 8. The summed E-state index contributed by atoms with van der Waals surface area (Å²) in [6, 6.07) is 70.7. The van der Waals surface area contributed by atoms with Gasteiger partial charge in [0.05, 0.1) is 34.1 Å². The van der Waals surface area contributed by atoms with E-state index in [1.54, 1.807) is 0 Å². The van der Waals surface area contributed by atoms with Crippen LogP contribution in [0.15, 0.2) is 194 Å². The van der Waals surface area contributed by atoms with Crippen LogP contribution in [0.2, 0.25) is 0 Å². The lowest BCUT2D eigenvalue weighted by Crippen LogP contribution is -2.32. The molecule has 13 rings (SSSR count). The van der Waals surface area contributed by atoms with Gasteiger partial charge in [0.1, 0.15) is 0 Å². The Kier molecular flexibility index (Phi) is 7.67. The maximum Gasteiger partial charge on any atom is 0.151 e. The summed E-state index contributed by atoms with van der Waals surface area (Å²) < 4.78 is 13.2. The third-order valence-corrected chi connectivity index (χ3v) is 14.2. The largest absolute Gasteiger partial charge is 0.453 e. The SMILES string of the molecule is CC1(C)c2ccc(-c3cc(-c4ccc(-c5ccccc5)cc4)cc(-c4ccc5c(c4)N4c6ccccc6Oc6cccc(c64)C5(C)C)c3)cc2N2c3ccccc3Oc3cccc1c32. The number of para-hydroxylation sites is 6. The average molecular weight is 825 g/mol. The van der Waals surface area contributed by atoms with Gasteiger partial charge in [0.25, 0.3) is 0 Å². The Labute approximate surface area is 374 Å². The average Bonchev–Trinajstić information content (AvgIpc) is 3.33. The number of ether oxygens (including phenoxy) is 2. The second kappa shape index (κ2) is 13.3. The predicted molar refractivity (Wildman–Crippen MR) is 262 cm³/mol. The second-order valence-corrected chi connectivity index (χ2v) is 18.6. The lowest BCUT2D eigenvalue weighted by molar-refractivity contribution is 0.471.